The topological polar surface area (TPSA) is 3.24 Å². The van der Waals surface area contributed by atoms with Crippen molar-refractivity contribution in [3.63, 3.8) is 0 Å². The first-order chi connectivity index (χ1) is 24.7. The van der Waals surface area contributed by atoms with Crippen LogP contribution >= 0.6 is 23.1 Å². The minimum absolute atomic E-state index is 0.0746. The van der Waals surface area contributed by atoms with Gasteiger partial charge in [0.1, 0.15) is 0 Å². The molecule has 5 aromatic carbocycles. The molecule has 5 aliphatic carbocycles. The highest BCUT2D eigenvalue weighted by atomic mass is 32.2. The van der Waals surface area contributed by atoms with Gasteiger partial charge in [0.15, 0.2) is 0 Å². The van der Waals surface area contributed by atoms with E-state index in [9.17, 15) is 0 Å². The number of nitrogens with zero attached hydrogens (tertiary/aromatic N) is 1. The molecule has 0 radical (unpaired) electrons. The van der Waals surface area contributed by atoms with Crippen LogP contribution in [0, 0.1) is 23.7 Å². The lowest BCUT2D eigenvalue weighted by molar-refractivity contribution is -0.0443. The van der Waals surface area contributed by atoms with Crippen LogP contribution in [0.4, 0.5) is 17.1 Å². The van der Waals surface area contributed by atoms with Gasteiger partial charge in [0.2, 0.25) is 0 Å². The fourth-order valence-corrected chi connectivity index (χ4v) is 14.6. The molecule has 1 spiro atoms. The van der Waals surface area contributed by atoms with E-state index < -0.39 is 0 Å². The quantitative estimate of drug-likeness (QED) is 0.181. The Bertz CT molecular complexity index is 2360. The summed E-state index contributed by atoms with van der Waals surface area (Å²) < 4.78 is 2.72. The third-order valence-electron chi connectivity index (χ3n) is 14.3. The Kier molecular flexibility index (Phi) is 6.55. The lowest BCUT2D eigenvalue weighted by Crippen LogP contribution is -2.57. The van der Waals surface area contributed by atoms with E-state index in [2.05, 4.69) is 136 Å². The molecule has 51 heavy (non-hydrogen) atoms. The summed E-state index contributed by atoms with van der Waals surface area (Å²) in [7, 11) is 0. The van der Waals surface area contributed by atoms with Crippen LogP contribution in [0.2, 0.25) is 0 Å². The van der Waals surface area contributed by atoms with Crippen LogP contribution < -0.4 is 4.90 Å². The van der Waals surface area contributed by atoms with E-state index in [1.165, 1.54) is 103 Å². The van der Waals surface area contributed by atoms with Gasteiger partial charge in [0.25, 0.3) is 0 Å². The van der Waals surface area contributed by atoms with Gasteiger partial charge in [-0.3, -0.25) is 0 Å². The molecule has 2 heterocycles. The molecule has 0 N–H and O–H groups in total. The van der Waals surface area contributed by atoms with E-state index in [0.29, 0.717) is 0 Å². The molecule has 4 saturated carbocycles. The van der Waals surface area contributed by atoms with Gasteiger partial charge >= 0.3 is 0 Å². The minimum Gasteiger partial charge on any atom is -0.310 e. The third-order valence-corrected chi connectivity index (χ3v) is 16.6. The zero-order valence-corrected chi connectivity index (χ0v) is 32.0. The maximum absolute atomic E-state index is 2.64. The van der Waals surface area contributed by atoms with Crippen LogP contribution in [0.25, 0.3) is 20.2 Å². The largest absolute Gasteiger partial charge is 0.310 e. The molecule has 1 aromatic heterocycles. The number of benzene rings is 5. The molecule has 4 fully saturated rings. The lowest BCUT2D eigenvalue weighted by atomic mass is 9.42. The molecule has 6 aliphatic rings. The molecule has 4 bridgehead atoms. The van der Waals surface area contributed by atoms with E-state index in [0.717, 1.165) is 23.7 Å². The molecule has 1 aliphatic heterocycles. The van der Waals surface area contributed by atoms with Gasteiger partial charge in [-0.1, -0.05) is 94.1 Å². The van der Waals surface area contributed by atoms with E-state index in [1.54, 1.807) is 11.1 Å². The maximum atomic E-state index is 2.64. The summed E-state index contributed by atoms with van der Waals surface area (Å²) in [6.45, 7) is 9.87. The number of hydrogen-bond donors (Lipinski definition) is 0. The van der Waals surface area contributed by atoms with Crippen molar-refractivity contribution in [2.24, 2.45) is 23.7 Å². The highest BCUT2D eigenvalue weighted by Crippen LogP contribution is 2.69. The number of rotatable bonds is 3. The highest BCUT2D eigenvalue weighted by molar-refractivity contribution is 7.99. The molecule has 0 unspecified atom stereocenters. The number of anilines is 3. The zero-order valence-electron chi connectivity index (χ0n) is 30.3. The SMILES string of the molecule is CC1(C)CCC(C)(C)c2c(N(c3ccc4c(c3)Sc3ccccc3C43C4CC5CC(C4)CC3C5)c3ccc4sc5ccccc5c4c3)cccc21. The van der Waals surface area contributed by atoms with Gasteiger partial charge in [-0.05, 0) is 150 Å². The summed E-state index contributed by atoms with van der Waals surface area (Å²) in [6, 6.07) is 40.6. The van der Waals surface area contributed by atoms with Crippen LogP contribution in [-0.2, 0) is 16.2 Å². The number of hydrogen-bond acceptors (Lipinski definition) is 3. The molecule has 6 aromatic rings. The summed E-state index contributed by atoms with van der Waals surface area (Å²) in [5.74, 6) is 3.40. The molecule has 256 valence electrons. The second-order valence-corrected chi connectivity index (χ2v) is 20.2. The molecule has 3 heteroatoms. The summed E-state index contributed by atoms with van der Waals surface area (Å²) in [6.07, 6.45) is 9.53. The minimum atomic E-state index is 0.0746. The van der Waals surface area contributed by atoms with Crippen molar-refractivity contribution in [1.82, 2.24) is 0 Å². The molecule has 0 amide bonds. The average Bonchev–Trinajstić information content (AvgIpc) is 3.50. The molecule has 1 nitrogen and oxygen atoms in total. The molecular formula is C48H47NS2. The second kappa shape index (κ2) is 10.8. The Balaban J connectivity index is 1.15. The van der Waals surface area contributed by atoms with E-state index in [4.69, 9.17) is 0 Å². The first-order valence-corrected chi connectivity index (χ1v) is 21.1. The smallest absolute Gasteiger partial charge is 0.0502 e. The molecular weight excluding hydrogens is 655 g/mol. The summed E-state index contributed by atoms with van der Waals surface area (Å²) >= 11 is 3.94. The Morgan fingerprint density at radius 1 is 0.549 bits per heavy atom. The van der Waals surface area contributed by atoms with Crippen molar-refractivity contribution in [3.05, 3.63) is 125 Å². The van der Waals surface area contributed by atoms with Crippen molar-refractivity contribution in [2.75, 3.05) is 4.90 Å². The Hall–Kier alpha value is -3.53. The zero-order chi connectivity index (χ0) is 34.3. The van der Waals surface area contributed by atoms with Crippen molar-refractivity contribution in [2.45, 2.75) is 98.7 Å². The average molecular weight is 702 g/mol. The maximum Gasteiger partial charge on any atom is 0.0502 e. The predicted molar refractivity (Wildman–Crippen MR) is 218 cm³/mol. The van der Waals surface area contributed by atoms with Crippen LogP contribution in [-0.4, -0.2) is 0 Å². The monoisotopic (exact) mass is 701 g/mol. The van der Waals surface area contributed by atoms with Crippen LogP contribution in [0.1, 0.15) is 94.9 Å². The summed E-state index contributed by atoms with van der Waals surface area (Å²) in [5, 5.41) is 2.72. The summed E-state index contributed by atoms with van der Waals surface area (Å²) in [4.78, 5) is 5.61. The number of thiophene rings is 1. The van der Waals surface area contributed by atoms with E-state index >= 15 is 0 Å². The second-order valence-electron chi connectivity index (χ2n) is 18.0. The first kappa shape index (κ1) is 31.0. The Morgan fingerprint density at radius 2 is 1.20 bits per heavy atom. The van der Waals surface area contributed by atoms with Gasteiger partial charge in [0, 0.05) is 46.8 Å². The fourth-order valence-electron chi connectivity index (χ4n) is 12.2. The van der Waals surface area contributed by atoms with Gasteiger partial charge in [-0.15, -0.1) is 11.3 Å². The Labute approximate surface area is 311 Å². The lowest BCUT2D eigenvalue weighted by Gasteiger charge is -2.63. The van der Waals surface area contributed by atoms with Crippen LogP contribution in [0.3, 0.4) is 0 Å². The summed E-state index contributed by atoms with van der Waals surface area (Å²) in [5.41, 5.74) is 10.5. The highest BCUT2D eigenvalue weighted by Gasteiger charge is 2.60. The normalized spacial score (nSPS) is 27.8. The third kappa shape index (κ3) is 4.34. The van der Waals surface area contributed by atoms with Crippen molar-refractivity contribution < 1.29 is 0 Å². The first-order valence-electron chi connectivity index (χ1n) is 19.5. The van der Waals surface area contributed by atoms with Gasteiger partial charge in [0.05, 0.1) is 5.69 Å². The van der Waals surface area contributed by atoms with Gasteiger partial charge in [-0.25, -0.2) is 0 Å². The van der Waals surface area contributed by atoms with Crippen LogP contribution in [0.15, 0.2) is 113 Å². The standard InChI is InChI=1S/C48H47NS2/c1-46(2)20-21-47(3,4)45-39(46)12-9-13-40(45)49(33-17-19-42-36(27-33)35-10-5-7-14-41(35)50-42)34-16-18-38-44(28-34)51-43-15-8-6-11-37(43)48(38)31-23-29-22-30(25-31)26-32(48)24-29/h5-19,27-32H,20-26H2,1-4H3. The number of fused-ring (bicyclic) bond motifs is 6. The van der Waals surface area contributed by atoms with Gasteiger partial charge < -0.3 is 4.90 Å². The van der Waals surface area contributed by atoms with Crippen molar-refractivity contribution in [1.29, 1.82) is 0 Å². The fraction of sp³-hybridized carbons (Fsp3) is 0.375. The Morgan fingerprint density at radius 3 is 2.02 bits per heavy atom. The van der Waals surface area contributed by atoms with Crippen molar-refractivity contribution in [3.8, 4) is 0 Å². The van der Waals surface area contributed by atoms with E-state index in [-0.39, 0.29) is 16.2 Å². The predicted octanol–water partition coefficient (Wildman–Crippen LogP) is 14.1. The van der Waals surface area contributed by atoms with Gasteiger partial charge in [-0.2, -0.15) is 0 Å². The van der Waals surface area contributed by atoms with E-state index in [1.807, 2.05) is 23.1 Å². The van der Waals surface area contributed by atoms with Crippen molar-refractivity contribution >= 4 is 60.3 Å². The molecule has 0 atom stereocenters. The molecule has 0 saturated heterocycles. The van der Waals surface area contributed by atoms with Crippen LogP contribution in [0.5, 0.6) is 0 Å². The molecule has 12 rings (SSSR count).